The van der Waals surface area contributed by atoms with Crippen molar-refractivity contribution in [3.63, 3.8) is 0 Å². The molecule has 4 aromatic rings. The van der Waals surface area contributed by atoms with Gasteiger partial charge in [-0.25, -0.2) is 0 Å². The fraction of sp³-hybridized carbons (Fsp3) is 0.259. The first-order valence-corrected chi connectivity index (χ1v) is 11.9. The highest BCUT2D eigenvalue weighted by Gasteiger charge is 2.22. The molecular formula is C27H28O5S. The molecule has 4 rings (SSSR count). The molecule has 2 unspecified atom stereocenters. The molecule has 0 saturated heterocycles. The van der Waals surface area contributed by atoms with Gasteiger partial charge >= 0.3 is 0 Å². The number of fused-ring (bicyclic) bond motifs is 1. The van der Waals surface area contributed by atoms with Crippen LogP contribution in [-0.4, -0.2) is 28.2 Å². The predicted molar refractivity (Wildman–Crippen MR) is 132 cm³/mol. The maximum atomic E-state index is 11.4. The number of aliphatic hydroxyl groups is 1. The number of ether oxygens (including phenoxy) is 2. The molecule has 0 radical (unpaired) electrons. The Labute approximate surface area is 197 Å². The van der Waals surface area contributed by atoms with Crippen molar-refractivity contribution < 1.29 is 24.8 Å². The molecule has 3 aromatic carbocycles. The lowest BCUT2D eigenvalue weighted by Crippen LogP contribution is -2.16. The minimum atomic E-state index is -0.876. The fourth-order valence-corrected chi connectivity index (χ4v) is 4.99. The molecule has 172 valence electrons. The van der Waals surface area contributed by atoms with Crippen LogP contribution in [0.3, 0.4) is 0 Å². The molecule has 0 saturated carbocycles. The summed E-state index contributed by atoms with van der Waals surface area (Å²) in [6, 6.07) is 19.4. The smallest absolute Gasteiger partial charge is 0.196 e. The SMILES string of the molecule is CCCCOC(C)Oc1ccc(C(O)c2c(-c3ccc(O)cc3)sc3cc(O)ccc23)cc1. The van der Waals surface area contributed by atoms with Gasteiger partial charge in [-0.05, 0) is 84.5 Å². The van der Waals surface area contributed by atoms with Crippen LogP contribution in [0.25, 0.3) is 20.5 Å². The topological polar surface area (TPSA) is 79.2 Å². The van der Waals surface area contributed by atoms with E-state index < -0.39 is 6.10 Å². The minimum Gasteiger partial charge on any atom is -0.508 e. The van der Waals surface area contributed by atoms with Gasteiger partial charge in [-0.3, -0.25) is 0 Å². The number of aliphatic hydroxyl groups excluding tert-OH is 1. The molecule has 1 aromatic heterocycles. The zero-order chi connectivity index (χ0) is 23.4. The lowest BCUT2D eigenvalue weighted by atomic mass is 9.96. The van der Waals surface area contributed by atoms with E-state index in [-0.39, 0.29) is 17.8 Å². The quantitative estimate of drug-likeness (QED) is 0.192. The van der Waals surface area contributed by atoms with Crippen molar-refractivity contribution in [2.45, 2.75) is 39.1 Å². The summed E-state index contributed by atoms with van der Waals surface area (Å²) >= 11 is 1.50. The molecule has 0 bridgehead atoms. The van der Waals surface area contributed by atoms with Gasteiger partial charge in [-0.15, -0.1) is 11.3 Å². The van der Waals surface area contributed by atoms with E-state index in [2.05, 4.69) is 6.92 Å². The van der Waals surface area contributed by atoms with Gasteiger partial charge in [0, 0.05) is 15.1 Å². The van der Waals surface area contributed by atoms with Gasteiger partial charge in [0.15, 0.2) is 6.29 Å². The van der Waals surface area contributed by atoms with E-state index >= 15 is 0 Å². The predicted octanol–water partition coefficient (Wildman–Crippen LogP) is 6.60. The monoisotopic (exact) mass is 464 g/mol. The molecule has 33 heavy (non-hydrogen) atoms. The van der Waals surface area contributed by atoms with E-state index in [1.807, 2.05) is 49.4 Å². The third kappa shape index (κ3) is 5.30. The Balaban J connectivity index is 1.64. The van der Waals surface area contributed by atoms with Crippen LogP contribution in [0.15, 0.2) is 66.7 Å². The van der Waals surface area contributed by atoms with Crippen molar-refractivity contribution in [2.75, 3.05) is 6.61 Å². The third-order valence-electron chi connectivity index (χ3n) is 5.46. The molecular weight excluding hydrogens is 436 g/mol. The summed E-state index contributed by atoms with van der Waals surface area (Å²) in [4.78, 5) is 0.890. The number of hydrogen-bond acceptors (Lipinski definition) is 6. The Morgan fingerprint density at radius 1 is 0.909 bits per heavy atom. The molecule has 0 aliphatic heterocycles. The van der Waals surface area contributed by atoms with Gasteiger partial charge in [-0.1, -0.05) is 25.5 Å². The number of aromatic hydroxyl groups is 2. The number of unbranched alkanes of at least 4 members (excludes halogenated alkanes) is 1. The maximum Gasteiger partial charge on any atom is 0.196 e. The van der Waals surface area contributed by atoms with Crippen LogP contribution in [0.4, 0.5) is 0 Å². The number of thiophene rings is 1. The van der Waals surface area contributed by atoms with Crippen LogP contribution in [0.5, 0.6) is 17.2 Å². The average molecular weight is 465 g/mol. The van der Waals surface area contributed by atoms with Crippen LogP contribution in [0.1, 0.15) is 43.9 Å². The van der Waals surface area contributed by atoms with Crippen molar-refractivity contribution in [1.82, 2.24) is 0 Å². The highest BCUT2D eigenvalue weighted by atomic mass is 32.1. The molecule has 0 aliphatic carbocycles. The van der Waals surface area contributed by atoms with Crippen molar-refractivity contribution in [2.24, 2.45) is 0 Å². The molecule has 3 N–H and O–H groups in total. The Kier molecular flexibility index (Phi) is 7.18. The van der Waals surface area contributed by atoms with Crippen LogP contribution in [0.2, 0.25) is 0 Å². The fourth-order valence-electron chi connectivity index (χ4n) is 3.72. The van der Waals surface area contributed by atoms with Gasteiger partial charge in [0.2, 0.25) is 0 Å². The number of phenols is 2. The van der Waals surface area contributed by atoms with Crippen molar-refractivity contribution in [3.8, 4) is 27.7 Å². The van der Waals surface area contributed by atoms with Gasteiger partial charge in [0.05, 0.1) is 6.61 Å². The zero-order valence-corrected chi connectivity index (χ0v) is 19.5. The first-order chi connectivity index (χ1) is 16.0. The van der Waals surface area contributed by atoms with E-state index in [0.29, 0.717) is 12.4 Å². The normalized spacial score (nSPS) is 13.2. The first-order valence-electron chi connectivity index (χ1n) is 11.1. The Morgan fingerprint density at radius 3 is 2.30 bits per heavy atom. The first kappa shape index (κ1) is 23.1. The zero-order valence-electron chi connectivity index (χ0n) is 18.7. The van der Waals surface area contributed by atoms with E-state index in [1.54, 1.807) is 24.3 Å². The molecule has 2 atom stereocenters. The van der Waals surface area contributed by atoms with Gasteiger partial charge in [0.25, 0.3) is 0 Å². The highest BCUT2D eigenvalue weighted by Crippen LogP contribution is 2.45. The minimum absolute atomic E-state index is 0.179. The molecule has 0 amide bonds. The summed E-state index contributed by atoms with van der Waals surface area (Å²) in [5.41, 5.74) is 2.39. The molecule has 0 spiro atoms. The summed E-state index contributed by atoms with van der Waals surface area (Å²) in [5.74, 6) is 1.04. The van der Waals surface area contributed by atoms with E-state index in [4.69, 9.17) is 9.47 Å². The van der Waals surface area contributed by atoms with Crippen LogP contribution < -0.4 is 4.74 Å². The molecule has 0 fully saturated rings. The maximum absolute atomic E-state index is 11.4. The second-order valence-corrected chi connectivity index (χ2v) is 9.01. The molecule has 5 nitrogen and oxygen atoms in total. The standard InChI is InChI=1S/C27H28O5S/c1-3-4-15-31-17(2)32-22-12-7-18(8-13-22)26(30)25-23-14-11-21(29)16-24(23)33-27(25)19-5-9-20(28)10-6-19/h5-14,16-17,26,28-30H,3-4,15H2,1-2H3. The summed E-state index contributed by atoms with van der Waals surface area (Å²) in [6.45, 7) is 4.65. The second-order valence-electron chi connectivity index (χ2n) is 7.95. The number of phenolic OH excluding ortho intramolecular Hbond substituents is 2. The summed E-state index contributed by atoms with van der Waals surface area (Å²) in [7, 11) is 0. The van der Waals surface area contributed by atoms with Crippen molar-refractivity contribution >= 4 is 21.4 Å². The number of rotatable bonds is 9. The summed E-state index contributed by atoms with van der Waals surface area (Å²) in [6.07, 6.45) is 0.845. The van der Waals surface area contributed by atoms with E-state index in [9.17, 15) is 15.3 Å². The van der Waals surface area contributed by atoms with Crippen molar-refractivity contribution in [3.05, 3.63) is 77.9 Å². The molecule has 0 aliphatic rings. The van der Waals surface area contributed by atoms with Gasteiger partial charge in [-0.2, -0.15) is 0 Å². The average Bonchev–Trinajstić information content (AvgIpc) is 3.18. The Hall–Kier alpha value is -3.06. The lowest BCUT2D eigenvalue weighted by molar-refractivity contribution is -0.0673. The lowest BCUT2D eigenvalue weighted by Gasteiger charge is -2.17. The largest absolute Gasteiger partial charge is 0.508 e. The second kappa shape index (κ2) is 10.3. The Bertz CT molecular complexity index is 1200. The number of hydrogen-bond donors (Lipinski definition) is 3. The van der Waals surface area contributed by atoms with Gasteiger partial charge < -0.3 is 24.8 Å². The van der Waals surface area contributed by atoms with E-state index in [0.717, 1.165) is 44.5 Å². The van der Waals surface area contributed by atoms with Crippen LogP contribution in [-0.2, 0) is 4.74 Å². The number of benzene rings is 3. The van der Waals surface area contributed by atoms with Gasteiger partial charge in [0.1, 0.15) is 23.4 Å². The summed E-state index contributed by atoms with van der Waals surface area (Å²) < 4.78 is 12.3. The third-order valence-corrected chi connectivity index (χ3v) is 6.68. The Morgan fingerprint density at radius 2 is 1.61 bits per heavy atom. The summed E-state index contributed by atoms with van der Waals surface area (Å²) in [5, 5.41) is 31.9. The van der Waals surface area contributed by atoms with Crippen LogP contribution >= 0.6 is 11.3 Å². The van der Waals surface area contributed by atoms with Crippen molar-refractivity contribution in [1.29, 1.82) is 0 Å². The molecule has 1 heterocycles. The van der Waals surface area contributed by atoms with E-state index in [1.165, 1.54) is 11.3 Å². The van der Waals surface area contributed by atoms with Crippen LogP contribution in [0, 0.1) is 0 Å². The highest BCUT2D eigenvalue weighted by molar-refractivity contribution is 7.22. The molecule has 6 heteroatoms.